The van der Waals surface area contributed by atoms with Gasteiger partial charge in [0.05, 0.1) is 22.7 Å². The number of para-hydroxylation sites is 4. The highest BCUT2D eigenvalue weighted by Crippen LogP contribution is 2.52. The molecular weight excluding hydrogens is 456 g/mol. The molecule has 0 N–H and O–H groups in total. The third-order valence-electron chi connectivity index (χ3n) is 7.03. The molecule has 0 saturated carbocycles. The fraction of sp³-hybridized carbons (Fsp3) is 0. The molecule has 0 aliphatic carbocycles. The standard InChI is InChI=1S/C32H20N4O/c1-2-12-22-21(10-1)11-9-17-26(22)36-33-25-20-29(23-13-3-4-14-24(23)32(25)34-36)35-27-15-5-7-18-30(27)37-31-19-8-6-16-28(31)35/h1-20H. The molecule has 174 valence electrons. The summed E-state index contributed by atoms with van der Waals surface area (Å²) in [6.07, 6.45) is 0. The quantitative estimate of drug-likeness (QED) is 0.252. The first kappa shape index (κ1) is 20.1. The van der Waals surface area contributed by atoms with Gasteiger partial charge < -0.3 is 9.64 Å². The molecule has 1 aliphatic heterocycles. The Balaban J connectivity index is 1.42. The average molecular weight is 477 g/mol. The van der Waals surface area contributed by atoms with Crippen molar-refractivity contribution in [3.8, 4) is 17.2 Å². The van der Waals surface area contributed by atoms with Crippen LogP contribution in [0.3, 0.4) is 0 Å². The summed E-state index contributed by atoms with van der Waals surface area (Å²) >= 11 is 0. The summed E-state index contributed by atoms with van der Waals surface area (Å²) < 4.78 is 6.26. The molecule has 0 saturated heterocycles. The van der Waals surface area contributed by atoms with Gasteiger partial charge in [-0.05, 0) is 41.8 Å². The smallest absolute Gasteiger partial charge is 0.151 e. The minimum absolute atomic E-state index is 0.824. The fourth-order valence-electron chi connectivity index (χ4n) is 5.37. The Bertz CT molecular complexity index is 1940. The van der Waals surface area contributed by atoms with Crippen molar-refractivity contribution >= 4 is 49.6 Å². The van der Waals surface area contributed by atoms with E-state index in [1.807, 2.05) is 36.4 Å². The Morgan fingerprint density at radius 1 is 0.486 bits per heavy atom. The van der Waals surface area contributed by atoms with Crippen LogP contribution in [0.25, 0.3) is 38.3 Å². The number of rotatable bonds is 2. The number of hydrogen-bond acceptors (Lipinski definition) is 4. The maximum Gasteiger partial charge on any atom is 0.151 e. The second kappa shape index (κ2) is 7.67. The van der Waals surface area contributed by atoms with Crippen LogP contribution < -0.4 is 9.64 Å². The molecule has 1 aromatic heterocycles. The topological polar surface area (TPSA) is 43.2 Å². The summed E-state index contributed by atoms with van der Waals surface area (Å²) in [4.78, 5) is 4.04. The van der Waals surface area contributed by atoms with Gasteiger partial charge in [0.15, 0.2) is 11.5 Å². The van der Waals surface area contributed by atoms with Gasteiger partial charge in [0.2, 0.25) is 0 Å². The summed E-state index contributed by atoms with van der Waals surface area (Å²) in [7, 11) is 0. The van der Waals surface area contributed by atoms with Crippen molar-refractivity contribution in [1.82, 2.24) is 15.0 Å². The molecule has 0 radical (unpaired) electrons. The van der Waals surface area contributed by atoms with Crippen LogP contribution in [0.1, 0.15) is 0 Å². The second-order valence-corrected chi connectivity index (χ2v) is 9.17. The van der Waals surface area contributed by atoms with Gasteiger partial charge in [-0.25, -0.2) is 0 Å². The number of ether oxygens (including phenoxy) is 1. The molecule has 1 aliphatic rings. The molecule has 0 fully saturated rings. The number of benzene rings is 6. The molecule has 0 bridgehead atoms. The monoisotopic (exact) mass is 476 g/mol. The van der Waals surface area contributed by atoms with Gasteiger partial charge in [0.1, 0.15) is 11.0 Å². The van der Waals surface area contributed by atoms with Crippen molar-refractivity contribution < 1.29 is 4.74 Å². The van der Waals surface area contributed by atoms with E-state index in [9.17, 15) is 0 Å². The van der Waals surface area contributed by atoms with E-state index in [4.69, 9.17) is 14.9 Å². The highest BCUT2D eigenvalue weighted by molar-refractivity contribution is 6.12. The Kier molecular flexibility index (Phi) is 4.16. The molecule has 0 atom stereocenters. The molecule has 37 heavy (non-hydrogen) atoms. The van der Waals surface area contributed by atoms with Crippen LogP contribution in [-0.4, -0.2) is 15.0 Å². The van der Waals surface area contributed by atoms with E-state index in [0.717, 1.165) is 66.8 Å². The molecule has 6 aromatic carbocycles. The van der Waals surface area contributed by atoms with Gasteiger partial charge in [-0.15, -0.1) is 15.0 Å². The van der Waals surface area contributed by atoms with Gasteiger partial charge in [0.25, 0.3) is 0 Å². The Morgan fingerprint density at radius 3 is 1.86 bits per heavy atom. The van der Waals surface area contributed by atoms with E-state index in [1.165, 1.54) is 0 Å². The summed E-state index contributed by atoms with van der Waals surface area (Å²) in [5.74, 6) is 1.65. The Morgan fingerprint density at radius 2 is 1.08 bits per heavy atom. The Hall–Kier alpha value is -5.16. The van der Waals surface area contributed by atoms with Gasteiger partial charge >= 0.3 is 0 Å². The van der Waals surface area contributed by atoms with Crippen LogP contribution in [0.2, 0.25) is 0 Å². The first-order valence-corrected chi connectivity index (χ1v) is 12.3. The molecule has 0 spiro atoms. The molecular formula is C32H20N4O. The van der Waals surface area contributed by atoms with Gasteiger partial charge in [-0.1, -0.05) is 84.9 Å². The largest absolute Gasteiger partial charge is 0.453 e. The number of nitrogens with zero attached hydrogens (tertiary/aromatic N) is 4. The Labute approximate surface area is 212 Å². The van der Waals surface area contributed by atoms with Crippen molar-refractivity contribution in [3.63, 3.8) is 0 Å². The van der Waals surface area contributed by atoms with Crippen LogP contribution in [0.15, 0.2) is 121 Å². The van der Waals surface area contributed by atoms with E-state index in [0.29, 0.717) is 0 Å². The molecule has 5 nitrogen and oxygen atoms in total. The number of anilines is 3. The minimum atomic E-state index is 0.824. The summed E-state index contributed by atoms with van der Waals surface area (Å²) in [6, 6.07) is 41.4. The predicted octanol–water partition coefficient (Wildman–Crippen LogP) is 8.30. The zero-order valence-electron chi connectivity index (χ0n) is 19.7. The maximum absolute atomic E-state index is 6.26. The zero-order valence-corrected chi connectivity index (χ0v) is 19.7. The maximum atomic E-state index is 6.26. The first-order valence-electron chi connectivity index (χ1n) is 12.3. The second-order valence-electron chi connectivity index (χ2n) is 9.17. The third-order valence-corrected chi connectivity index (χ3v) is 7.03. The highest BCUT2D eigenvalue weighted by atomic mass is 16.5. The fourth-order valence-corrected chi connectivity index (χ4v) is 5.37. The summed E-state index contributed by atoms with van der Waals surface area (Å²) in [6.45, 7) is 0. The highest BCUT2D eigenvalue weighted by Gasteiger charge is 2.27. The third kappa shape index (κ3) is 2.98. The van der Waals surface area contributed by atoms with Crippen molar-refractivity contribution in [1.29, 1.82) is 0 Å². The van der Waals surface area contributed by atoms with E-state index in [1.54, 1.807) is 4.80 Å². The first-order chi connectivity index (χ1) is 18.3. The van der Waals surface area contributed by atoms with Crippen LogP contribution in [0.4, 0.5) is 17.1 Å². The lowest BCUT2D eigenvalue weighted by molar-refractivity contribution is 0.477. The van der Waals surface area contributed by atoms with Crippen molar-refractivity contribution in [2.45, 2.75) is 0 Å². The lowest BCUT2D eigenvalue weighted by atomic mass is 10.0. The summed E-state index contributed by atoms with van der Waals surface area (Å²) in [5.41, 5.74) is 5.70. The number of hydrogen-bond donors (Lipinski definition) is 0. The SMILES string of the molecule is c1ccc2c(c1)Oc1ccccc1N2c1cc2nn(-c3cccc4ccccc34)nc2c2ccccc12. The minimum Gasteiger partial charge on any atom is -0.453 e. The normalized spacial score (nSPS) is 12.5. The molecule has 5 heteroatoms. The van der Waals surface area contributed by atoms with Crippen LogP contribution >= 0.6 is 0 Å². The van der Waals surface area contributed by atoms with E-state index in [2.05, 4.69) is 89.8 Å². The summed E-state index contributed by atoms with van der Waals surface area (Å²) in [5, 5.41) is 14.4. The van der Waals surface area contributed by atoms with E-state index < -0.39 is 0 Å². The van der Waals surface area contributed by atoms with Gasteiger partial charge in [0, 0.05) is 16.2 Å². The molecule has 0 unspecified atom stereocenters. The van der Waals surface area contributed by atoms with E-state index >= 15 is 0 Å². The number of fused-ring (bicyclic) bond motifs is 6. The molecule has 8 rings (SSSR count). The van der Waals surface area contributed by atoms with Crippen LogP contribution in [0, 0.1) is 0 Å². The molecule has 0 amide bonds. The molecule has 2 heterocycles. The van der Waals surface area contributed by atoms with Crippen LogP contribution in [-0.2, 0) is 0 Å². The zero-order chi connectivity index (χ0) is 24.3. The van der Waals surface area contributed by atoms with Crippen molar-refractivity contribution in [3.05, 3.63) is 121 Å². The van der Waals surface area contributed by atoms with Crippen molar-refractivity contribution in [2.24, 2.45) is 0 Å². The van der Waals surface area contributed by atoms with Gasteiger partial charge in [-0.3, -0.25) is 0 Å². The van der Waals surface area contributed by atoms with E-state index in [-0.39, 0.29) is 0 Å². The van der Waals surface area contributed by atoms with Crippen molar-refractivity contribution in [2.75, 3.05) is 4.90 Å². The van der Waals surface area contributed by atoms with Crippen LogP contribution in [0.5, 0.6) is 11.5 Å². The number of aromatic nitrogens is 3. The molecule has 7 aromatic rings. The lowest BCUT2D eigenvalue weighted by Gasteiger charge is -2.33. The average Bonchev–Trinajstić information content (AvgIpc) is 3.39. The van der Waals surface area contributed by atoms with Gasteiger partial charge in [-0.2, -0.15) is 0 Å². The predicted molar refractivity (Wildman–Crippen MR) is 149 cm³/mol. The lowest BCUT2D eigenvalue weighted by Crippen LogP contribution is -2.16.